The maximum absolute atomic E-state index is 11.4. The van der Waals surface area contributed by atoms with Crippen molar-refractivity contribution in [2.45, 2.75) is 18.9 Å². The zero-order valence-corrected chi connectivity index (χ0v) is 18.0. The van der Waals surface area contributed by atoms with Crippen molar-refractivity contribution >= 4 is 5.97 Å². The Morgan fingerprint density at radius 1 is 0.818 bits per heavy atom. The van der Waals surface area contributed by atoms with Crippen molar-refractivity contribution in [1.82, 2.24) is 0 Å². The van der Waals surface area contributed by atoms with Crippen LogP contribution < -0.4 is 4.74 Å². The van der Waals surface area contributed by atoms with Crippen LogP contribution in [0.1, 0.15) is 34.6 Å². The largest absolute Gasteiger partial charge is 0.489 e. The van der Waals surface area contributed by atoms with Gasteiger partial charge in [-0.2, -0.15) is 5.26 Å². The van der Waals surface area contributed by atoms with Crippen molar-refractivity contribution in [3.63, 3.8) is 0 Å². The Kier molecular flexibility index (Phi) is 6.82. The van der Waals surface area contributed by atoms with E-state index < -0.39 is 5.97 Å². The normalized spacial score (nSPS) is 11.4. The van der Waals surface area contributed by atoms with Gasteiger partial charge in [-0.25, -0.2) is 0 Å². The van der Waals surface area contributed by atoms with Gasteiger partial charge in [0.05, 0.1) is 18.1 Å². The summed E-state index contributed by atoms with van der Waals surface area (Å²) in [7, 11) is 0. The van der Waals surface area contributed by atoms with E-state index in [-0.39, 0.29) is 12.3 Å². The molecule has 0 saturated heterocycles. The first-order valence-corrected chi connectivity index (χ1v) is 10.7. The Balaban J connectivity index is 1.43. The molecule has 0 bridgehead atoms. The fraction of sp³-hybridized carbons (Fsp3) is 0.103. The lowest BCUT2D eigenvalue weighted by atomic mass is 9.88. The predicted octanol–water partition coefficient (Wildman–Crippen LogP) is 6.41. The molecular formula is C29H23NO3. The molecule has 0 heterocycles. The van der Waals surface area contributed by atoms with Gasteiger partial charge in [0, 0.05) is 5.92 Å². The van der Waals surface area contributed by atoms with Gasteiger partial charge >= 0.3 is 5.97 Å². The van der Waals surface area contributed by atoms with Crippen LogP contribution in [-0.4, -0.2) is 11.1 Å². The first kappa shape index (κ1) is 21.9. The number of carboxylic acids is 1. The van der Waals surface area contributed by atoms with E-state index in [4.69, 9.17) is 4.74 Å². The number of nitrogens with zero attached hydrogens (tertiary/aromatic N) is 1. The van der Waals surface area contributed by atoms with Gasteiger partial charge in [-0.3, -0.25) is 4.79 Å². The van der Waals surface area contributed by atoms with Crippen molar-refractivity contribution in [2.24, 2.45) is 0 Å². The van der Waals surface area contributed by atoms with Gasteiger partial charge in [-0.05, 0) is 46.0 Å². The van der Waals surface area contributed by atoms with Crippen LogP contribution in [0.15, 0.2) is 103 Å². The third kappa shape index (κ3) is 5.47. The summed E-state index contributed by atoms with van der Waals surface area (Å²) in [5, 5.41) is 18.7. The Hall–Kier alpha value is -4.36. The van der Waals surface area contributed by atoms with Crippen LogP contribution in [0, 0.1) is 11.3 Å². The van der Waals surface area contributed by atoms with E-state index in [0.717, 1.165) is 33.6 Å². The van der Waals surface area contributed by atoms with E-state index >= 15 is 0 Å². The predicted molar refractivity (Wildman–Crippen MR) is 128 cm³/mol. The van der Waals surface area contributed by atoms with Crippen LogP contribution in [0.25, 0.3) is 11.1 Å². The molecule has 4 rings (SSSR count). The molecule has 4 nitrogen and oxygen atoms in total. The van der Waals surface area contributed by atoms with Crippen molar-refractivity contribution in [3.05, 3.63) is 125 Å². The summed E-state index contributed by atoms with van der Waals surface area (Å²) in [6.45, 7) is 0.413. The molecule has 0 amide bonds. The molecule has 4 aromatic rings. The fourth-order valence-corrected chi connectivity index (χ4v) is 3.86. The molecule has 4 heteroatoms. The average molecular weight is 434 g/mol. The van der Waals surface area contributed by atoms with Gasteiger partial charge in [-0.1, -0.05) is 84.9 Å². The molecule has 162 valence electrons. The fourth-order valence-electron chi connectivity index (χ4n) is 3.86. The van der Waals surface area contributed by atoms with Gasteiger partial charge in [0.1, 0.15) is 12.4 Å². The summed E-state index contributed by atoms with van der Waals surface area (Å²) in [6, 6.07) is 35.1. The SMILES string of the molecule is N#Cc1ccccc1-c1ccc(COc2ccc(C(CC(=O)O)c3ccccc3)cc2)cc1. The molecule has 0 aliphatic rings. The van der Waals surface area contributed by atoms with Gasteiger partial charge in [0.25, 0.3) is 0 Å². The van der Waals surface area contributed by atoms with Crippen LogP contribution in [0.4, 0.5) is 0 Å². The van der Waals surface area contributed by atoms with Crippen LogP contribution in [0.5, 0.6) is 5.75 Å². The maximum atomic E-state index is 11.4. The summed E-state index contributed by atoms with van der Waals surface area (Å²) in [5.41, 5.74) is 5.50. The second-order valence-corrected chi connectivity index (χ2v) is 7.77. The molecule has 0 radical (unpaired) electrons. The minimum Gasteiger partial charge on any atom is -0.489 e. The van der Waals surface area contributed by atoms with E-state index in [1.807, 2.05) is 103 Å². The lowest BCUT2D eigenvalue weighted by Gasteiger charge is -2.16. The molecule has 1 unspecified atom stereocenters. The van der Waals surface area contributed by atoms with E-state index in [2.05, 4.69) is 6.07 Å². The Morgan fingerprint density at radius 3 is 2.12 bits per heavy atom. The summed E-state index contributed by atoms with van der Waals surface area (Å²) in [4.78, 5) is 11.4. The summed E-state index contributed by atoms with van der Waals surface area (Å²) >= 11 is 0. The molecule has 0 aromatic heterocycles. The second kappa shape index (κ2) is 10.3. The van der Waals surface area contributed by atoms with Crippen LogP contribution in [-0.2, 0) is 11.4 Å². The molecule has 0 aliphatic carbocycles. The van der Waals surface area contributed by atoms with E-state index in [1.165, 1.54) is 0 Å². The number of carbonyl (C=O) groups is 1. The minimum absolute atomic E-state index is 0.0332. The zero-order chi connectivity index (χ0) is 23.0. The average Bonchev–Trinajstić information content (AvgIpc) is 2.87. The Morgan fingerprint density at radius 2 is 1.45 bits per heavy atom. The number of carboxylic acid groups (broad SMARTS) is 1. The Bertz CT molecular complexity index is 1260. The molecule has 0 saturated carbocycles. The van der Waals surface area contributed by atoms with Crippen molar-refractivity contribution < 1.29 is 14.6 Å². The molecule has 1 N–H and O–H groups in total. The van der Waals surface area contributed by atoms with Crippen LogP contribution in [0.2, 0.25) is 0 Å². The van der Waals surface area contributed by atoms with E-state index in [9.17, 15) is 15.2 Å². The van der Waals surface area contributed by atoms with Gasteiger partial charge in [-0.15, -0.1) is 0 Å². The first-order chi connectivity index (χ1) is 16.1. The zero-order valence-electron chi connectivity index (χ0n) is 18.0. The van der Waals surface area contributed by atoms with E-state index in [0.29, 0.717) is 12.2 Å². The lowest BCUT2D eigenvalue weighted by Crippen LogP contribution is -2.08. The van der Waals surface area contributed by atoms with Gasteiger partial charge in [0.15, 0.2) is 0 Å². The van der Waals surface area contributed by atoms with Crippen LogP contribution in [0.3, 0.4) is 0 Å². The number of hydrogen-bond donors (Lipinski definition) is 1. The maximum Gasteiger partial charge on any atom is 0.304 e. The highest BCUT2D eigenvalue weighted by Crippen LogP contribution is 2.30. The molecular weight excluding hydrogens is 410 g/mol. The highest BCUT2D eigenvalue weighted by Gasteiger charge is 2.17. The second-order valence-electron chi connectivity index (χ2n) is 7.77. The highest BCUT2D eigenvalue weighted by atomic mass is 16.5. The van der Waals surface area contributed by atoms with Crippen molar-refractivity contribution in [2.75, 3.05) is 0 Å². The standard InChI is InChI=1S/C29H23NO3/c30-19-25-8-4-5-9-27(25)23-12-10-21(11-13-23)20-33-26-16-14-24(15-17-26)28(18-29(31)32)22-6-2-1-3-7-22/h1-17,28H,18,20H2,(H,31,32). The van der Waals surface area contributed by atoms with Gasteiger partial charge in [0.2, 0.25) is 0 Å². The number of nitriles is 1. The molecule has 0 spiro atoms. The monoisotopic (exact) mass is 433 g/mol. The quantitative estimate of drug-likeness (QED) is 0.348. The first-order valence-electron chi connectivity index (χ1n) is 10.7. The number of benzene rings is 4. The Labute approximate surface area is 193 Å². The topological polar surface area (TPSA) is 70.3 Å². The summed E-state index contributed by atoms with van der Waals surface area (Å²) < 4.78 is 5.94. The number of hydrogen-bond acceptors (Lipinski definition) is 3. The third-order valence-electron chi connectivity index (χ3n) is 5.58. The highest BCUT2D eigenvalue weighted by molar-refractivity contribution is 5.70. The molecule has 1 atom stereocenters. The van der Waals surface area contributed by atoms with Crippen molar-refractivity contribution in [1.29, 1.82) is 5.26 Å². The number of rotatable bonds is 8. The van der Waals surface area contributed by atoms with Gasteiger partial charge < -0.3 is 9.84 Å². The molecule has 33 heavy (non-hydrogen) atoms. The molecule has 0 fully saturated rings. The van der Waals surface area contributed by atoms with Crippen LogP contribution >= 0.6 is 0 Å². The molecule has 0 aliphatic heterocycles. The smallest absolute Gasteiger partial charge is 0.304 e. The number of aliphatic carboxylic acids is 1. The van der Waals surface area contributed by atoms with E-state index in [1.54, 1.807) is 0 Å². The number of ether oxygens (including phenoxy) is 1. The lowest BCUT2D eigenvalue weighted by molar-refractivity contribution is -0.137. The summed E-state index contributed by atoms with van der Waals surface area (Å²) in [6.07, 6.45) is 0.0332. The minimum atomic E-state index is -0.829. The summed E-state index contributed by atoms with van der Waals surface area (Å²) in [5.74, 6) is -0.314. The third-order valence-corrected chi connectivity index (χ3v) is 5.58. The molecule has 4 aromatic carbocycles. The van der Waals surface area contributed by atoms with Crippen molar-refractivity contribution in [3.8, 4) is 22.9 Å².